The lowest BCUT2D eigenvalue weighted by atomic mass is 10.0. The van der Waals surface area contributed by atoms with E-state index in [0.717, 1.165) is 24.8 Å². The minimum atomic E-state index is 0.424. The van der Waals surface area contributed by atoms with Crippen molar-refractivity contribution in [3.63, 3.8) is 0 Å². The fourth-order valence-electron chi connectivity index (χ4n) is 1.65. The van der Waals surface area contributed by atoms with E-state index < -0.39 is 0 Å². The average molecular weight is 181 g/mol. The van der Waals surface area contributed by atoms with Crippen LogP contribution in [0.1, 0.15) is 33.8 Å². The molecule has 1 unspecified atom stereocenters. The Kier molecular flexibility index (Phi) is 1.98. The maximum absolute atomic E-state index is 10.6. The molecule has 0 spiro atoms. The van der Waals surface area contributed by atoms with E-state index in [9.17, 15) is 4.79 Å². The van der Waals surface area contributed by atoms with E-state index in [1.165, 1.54) is 10.4 Å². The number of carbonyl (C=O) groups is 1. The molecule has 2 nitrogen and oxygen atoms in total. The van der Waals surface area contributed by atoms with Crippen LogP contribution in [0.5, 0.6) is 0 Å². The van der Waals surface area contributed by atoms with Gasteiger partial charge in [-0.3, -0.25) is 4.79 Å². The van der Waals surface area contributed by atoms with Crippen molar-refractivity contribution in [2.45, 2.75) is 19.4 Å². The molecule has 0 bridgehead atoms. The monoisotopic (exact) mass is 181 g/mol. The van der Waals surface area contributed by atoms with Crippen LogP contribution in [0.3, 0.4) is 0 Å². The molecule has 0 saturated heterocycles. The number of rotatable bonds is 1. The van der Waals surface area contributed by atoms with Gasteiger partial charge in [0.15, 0.2) is 6.29 Å². The van der Waals surface area contributed by atoms with Gasteiger partial charge < -0.3 is 5.32 Å². The Morgan fingerprint density at radius 2 is 2.58 bits per heavy atom. The Balaban J connectivity index is 2.47. The van der Waals surface area contributed by atoms with Crippen molar-refractivity contribution in [3.05, 3.63) is 21.4 Å². The normalized spacial score (nSPS) is 21.9. The maximum Gasteiger partial charge on any atom is 0.151 e. The molecule has 1 aliphatic rings. The third-order valence-electron chi connectivity index (χ3n) is 2.30. The van der Waals surface area contributed by atoms with Crippen LogP contribution < -0.4 is 5.32 Å². The summed E-state index contributed by atoms with van der Waals surface area (Å²) in [5.74, 6) is 0. The fourth-order valence-corrected chi connectivity index (χ4v) is 2.75. The summed E-state index contributed by atoms with van der Waals surface area (Å²) in [6, 6.07) is 0.424. The Morgan fingerprint density at radius 3 is 3.33 bits per heavy atom. The Morgan fingerprint density at radius 1 is 1.75 bits per heavy atom. The van der Waals surface area contributed by atoms with Gasteiger partial charge >= 0.3 is 0 Å². The summed E-state index contributed by atoms with van der Waals surface area (Å²) in [5, 5.41) is 5.33. The van der Waals surface area contributed by atoms with Crippen molar-refractivity contribution in [2.24, 2.45) is 0 Å². The second-order valence-corrected chi connectivity index (χ2v) is 3.99. The van der Waals surface area contributed by atoms with Gasteiger partial charge in [0.25, 0.3) is 0 Å². The number of hydrogen-bond acceptors (Lipinski definition) is 3. The first-order valence-electron chi connectivity index (χ1n) is 4.11. The largest absolute Gasteiger partial charge is 0.309 e. The Labute approximate surface area is 75.6 Å². The van der Waals surface area contributed by atoms with E-state index in [0.29, 0.717) is 6.04 Å². The first-order valence-corrected chi connectivity index (χ1v) is 4.99. The predicted molar refractivity (Wildman–Crippen MR) is 49.8 cm³/mol. The molecule has 12 heavy (non-hydrogen) atoms. The van der Waals surface area contributed by atoms with Crippen LogP contribution >= 0.6 is 11.3 Å². The minimum Gasteiger partial charge on any atom is -0.309 e. The van der Waals surface area contributed by atoms with E-state index >= 15 is 0 Å². The highest BCUT2D eigenvalue weighted by molar-refractivity contribution is 7.10. The molecule has 64 valence electrons. The van der Waals surface area contributed by atoms with Crippen molar-refractivity contribution in [1.82, 2.24) is 5.32 Å². The lowest BCUT2D eigenvalue weighted by Gasteiger charge is -2.20. The van der Waals surface area contributed by atoms with Crippen molar-refractivity contribution in [1.29, 1.82) is 0 Å². The molecule has 0 fully saturated rings. The lowest BCUT2D eigenvalue weighted by Crippen LogP contribution is -2.26. The summed E-state index contributed by atoms with van der Waals surface area (Å²) in [4.78, 5) is 12.0. The molecule has 0 radical (unpaired) electrons. The van der Waals surface area contributed by atoms with Crippen LogP contribution in [0.4, 0.5) is 0 Å². The van der Waals surface area contributed by atoms with Crippen LogP contribution in [0.15, 0.2) is 5.38 Å². The number of hydrogen-bond donors (Lipinski definition) is 1. The summed E-state index contributed by atoms with van der Waals surface area (Å²) >= 11 is 1.69. The van der Waals surface area contributed by atoms with Crippen molar-refractivity contribution in [2.75, 3.05) is 6.54 Å². The van der Waals surface area contributed by atoms with Gasteiger partial charge in [-0.15, -0.1) is 11.3 Å². The molecule has 0 saturated carbocycles. The van der Waals surface area contributed by atoms with Crippen LogP contribution in [-0.2, 0) is 6.42 Å². The summed E-state index contributed by atoms with van der Waals surface area (Å²) in [6.45, 7) is 3.13. The van der Waals surface area contributed by atoms with Gasteiger partial charge in [0.1, 0.15) is 0 Å². The number of fused-ring (bicyclic) bond motifs is 1. The summed E-state index contributed by atoms with van der Waals surface area (Å²) < 4.78 is 0. The zero-order valence-corrected chi connectivity index (χ0v) is 7.78. The fraction of sp³-hybridized carbons (Fsp3) is 0.444. The highest BCUT2D eigenvalue weighted by Gasteiger charge is 2.19. The number of thiophene rings is 1. The molecule has 1 aromatic heterocycles. The van der Waals surface area contributed by atoms with E-state index in [1.54, 1.807) is 11.3 Å². The van der Waals surface area contributed by atoms with Crippen molar-refractivity contribution in [3.8, 4) is 0 Å². The molecule has 0 aromatic carbocycles. The smallest absolute Gasteiger partial charge is 0.151 e. The highest BCUT2D eigenvalue weighted by atomic mass is 32.1. The van der Waals surface area contributed by atoms with Crippen LogP contribution in [-0.4, -0.2) is 12.8 Å². The van der Waals surface area contributed by atoms with Crippen LogP contribution in [0.2, 0.25) is 0 Å². The SMILES string of the molecule is CC1NCCc2c(C=O)csc21. The quantitative estimate of drug-likeness (QED) is 0.669. The molecule has 1 N–H and O–H groups in total. The number of nitrogens with one attached hydrogen (secondary N) is 1. The van der Waals surface area contributed by atoms with Gasteiger partial charge in [0, 0.05) is 21.9 Å². The number of carbonyl (C=O) groups excluding carboxylic acids is 1. The van der Waals surface area contributed by atoms with E-state index in [4.69, 9.17) is 0 Å². The summed E-state index contributed by atoms with van der Waals surface area (Å²) in [7, 11) is 0. The van der Waals surface area contributed by atoms with Gasteiger partial charge in [0.05, 0.1) is 0 Å². The zero-order chi connectivity index (χ0) is 8.55. The van der Waals surface area contributed by atoms with Crippen molar-refractivity contribution >= 4 is 17.6 Å². The third-order valence-corrected chi connectivity index (χ3v) is 3.53. The van der Waals surface area contributed by atoms with Gasteiger partial charge in [-0.2, -0.15) is 0 Å². The third kappa shape index (κ3) is 1.09. The van der Waals surface area contributed by atoms with E-state index in [-0.39, 0.29) is 0 Å². The first kappa shape index (κ1) is 7.95. The lowest BCUT2D eigenvalue weighted by molar-refractivity contribution is 0.112. The molecular formula is C9H11NOS. The van der Waals surface area contributed by atoms with E-state index in [2.05, 4.69) is 12.2 Å². The van der Waals surface area contributed by atoms with Gasteiger partial charge in [-0.25, -0.2) is 0 Å². The molecule has 1 aliphatic heterocycles. The van der Waals surface area contributed by atoms with Gasteiger partial charge in [-0.1, -0.05) is 0 Å². The second-order valence-electron chi connectivity index (χ2n) is 3.08. The van der Waals surface area contributed by atoms with Crippen LogP contribution in [0.25, 0.3) is 0 Å². The summed E-state index contributed by atoms with van der Waals surface area (Å²) in [5.41, 5.74) is 2.16. The molecule has 2 heterocycles. The van der Waals surface area contributed by atoms with Gasteiger partial charge in [-0.05, 0) is 25.5 Å². The van der Waals surface area contributed by atoms with Crippen molar-refractivity contribution < 1.29 is 4.79 Å². The Hall–Kier alpha value is -0.670. The molecule has 1 aromatic rings. The second kappa shape index (κ2) is 2.99. The highest BCUT2D eigenvalue weighted by Crippen LogP contribution is 2.30. The molecule has 0 amide bonds. The number of aldehydes is 1. The molecule has 1 atom stereocenters. The first-order chi connectivity index (χ1) is 5.83. The molecule has 0 aliphatic carbocycles. The van der Waals surface area contributed by atoms with Crippen LogP contribution in [0, 0.1) is 0 Å². The van der Waals surface area contributed by atoms with Gasteiger partial charge in [0.2, 0.25) is 0 Å². The average Bonchev–Trinajstić information content (AvgIpc) is 2.49. The molecule has 2 rings (SSSR count). The zero-order valence-electron chi connectivity index (χ0n) is 6.96. The summed E-state index contributed by atoms with van der Waals surface area (Å²) in [6.07, 6.45) is 1.96. The van der Waals surface area contributed by atoms with E-state index in [1.807, 2.05) is 5.38 Å². The molecular weight excluding hydrogens is 170 g/mol. The standard InChI is InChI=1S/C9H11NOS/c1-6-9-8(2-3-10-6)7(4-11)5-12-9/h4-6,10H,2-3H2,1H3. The molecule has 3 heteroatoms. The minimum absolute atomic E-state index is 0.424. The maximum atomic E-state index is 10.6. The topological polar surface area (TPSA) is 29.1 Å². The predicted octanol–water partition coefficient (Wildman–Crippen LogP) is 1.77. The Bertz CT molecular complexity index is 305.